The Labute approximate surface area is 178 Å². The number of urea groups is 1. The number of aryl methyl sites for hydroxylation is 1. The fourth-order valence-corrected chi connectivity index (χ4v) is 3.37. The number of carbonyl (C=O) groups excluding carboxylic acids is 2. The van der Waals surface area contributed by atoms with Crippen LogP contribution < -0.4 is 16.0 Å². The van der Waals surface area contributed by atoms with Gasteiger partial charge >= 0.3 is 12.2 Å². The lowest BCUT2D eigenvalue weighted by Gasteiger charge is -2.08. The molecule has 0 unspecified atom stereocenters. The minimum atomic E-state index is -4.45. The van der Waals surface area contributed by atoms with E-state index >= 15 is 0 Å². The molecule has 0 bridgehead atoms. The molecule has 0 atom stereocenters. The van der Waals surface area contributed by atoms with Gasteiger partial charge in [0.1, 0.15) is 4.88 Å². The average molecular weight is 455 g/mol. The number of halogens is 4. The van der Waals surface area contributed by atoms with Crippen molar-refractivity contribution in [3.63, 3.8) is 0 Å². The number of benzene rings is 2. The van der Waals surface area contributed by atoms with Crippen LogP contribution in [0.25, 0.3) is 0 Å². The number of alkyl halides is 3. The van der Waals surface area contributed by atoms with E-state index in [1.807, 2.05) is 0 Å². The largest absolute Gasteiger partial charge is 0.416 e. The van der Waals surface area contributed by atoms with E-state index in [-0.39, 0.29) is 15.7 Å². The maximum Gasteiger partial charge on any atom is 0.416 e. The summed E-state index contributed by atoms with van der Waals surface area (Å²) in [6.45, 7) is 1.58. The fourth-order valence-electron chi connectivity index (χ4n) is 2.38. The number of nitrogens with one attached hydrogen (secondary N) is 3. The predicted octanol–water partition coefficient (Wildman–Crippen LogP) is 6.02. The second-order valence-corrected chi connectivity index (χ2v) is 7.48. The second-order valence-electron chi connectivity index (χ2n) is 6.05. The van der Waals surface area contributed by atoms with Crippen LogP contribution in [0.4, 0.5) is 34.5 Å². The summed E-state index contributed by atoms with van der Waals surface area (Å²) < 4.78 is 37.9. The third-order valence-corrected chi connectivity index (χ3v) is 5.12. The first-order valence-electron chi connectivity index (χ1n) is 8.41. The van der Waals surface area contributed by atoms with E-state index in [9.17, 15) is 22.8 Å². The molecule has 1 aromatic heterocycles. The highest BCUT2D eigenvalue weighted by molar-refractivity contribution is 7.17. The maximum atomic E-state index is 12.6. The number of nitrogens with zero attached hydrogens (tertiary/aromatic N) is 1. The van der Waals surface area contributed by atoms with Crippen LogP contribution in [-0.4, -0.2) is 16.9 Å². The summed E-state index contributed by atoms with van der Waals surface area (Å²) in [7, 11) is 0. The molecule has 0 spiro atoms. The summed E-state index contributed by atoms with van der Waals surface area (Å²) in [6, 6.07) is 10.0. The Morgan fingerprint density at radius 3 is 2.10 bits per heavy atom. The molecule has 0 saturated carbocycles. The van der Waals surface area contributed by atoms with Crippen molar-refractivity contribution in [2.45, 2.75) is 13.1 Å². The molecule has 0 aliphatic heterocycles. The Morgan fingerprint density at radius 1 is 0.933 bits per heavy atom. The van der Waals surface area contributed by atoms with Crippen molar-refractivity contribution in [3.05, 3.63) is 69.7 Å². The Hall–Kier alpha value is -3.11. The van der Waals surface area contributed by atoms with Gasteiger partial charge in [0, 0.05) is 16.4 Å². The average Bonchev–Trinajstić information content (AvgIpc) is 3.03. The lowest BCUT2D eigenvalue weighted by molar-refractivity contribution is -0.137. The summed E-state index contributed by atoms with van der Waals surface area (Å²) in [6.07, 6.45) is -4.45. The molecule has 30 heavy (non-hydrogen) atoms. The van der Waals surface area contributed by atoms with Gasteiger partial charge in [-0.15, -0.1) is 0 Å². The van der Waals surface area contributed by atoms with Gasteiger partial charge in [0.15, 0.2) is 5.13 Å². The Morgan fingerprint density at radius 2 is 1.50 bits per heavy atom. The highest BCUT2D eigenvalue weighted by atomic mass is 35.5. The number of aromatic nitrogens is 1. The second kappa shape index (κ2) is 8.72. The normalized spacial score (nSPS) is 11.1. The number of anilines is 3. The van der Waals surface area contributed by atoms with Crippen molar-refractivity contribution in [1.29, 1.82) is 0 Å². The van der Waals surface area contributed by atoms with Gasteiger partial charge < -0.3 is 10.6 Å². The summed E-state index contributed by atoms with van der Waals surface area (Å²) in [5.41, 5.74) is 0.278. The smallest absolute Gasteiger partial charge is 0.321 e. The maximum absolute atomic E-state index is 12.6. The van der Waals surface area contributed by atoms with Crippen LogP contribution in [0, 0.1) is 6.92 Å². The molecule has 1 heterocycles. The minimum absolute atomic E-state index is 0.191. The van der Waals surface area contributed by atoms with E-state index in [4.69, 9.17) is 11.6 Å². The molecule has 0 aliphatic rings. The summed E-state index contributed by atoms with van der Waals surface area (Å²) in [5, 5.41) is 8.36. The number of hydrogen-bond acceptors (Lipinski definition) is 4. The van der Waals surface area contributed by atoms with Crippen molar-refractivity contribution >= 4 is 51.4 Å². The van der Waals surface area contributed by atoms with Crippen LogP contribution in [0.5, 0.6) is 0 Å². The highest BCUT2D eigenvalue weighted by Gasteiger charge is 2.30. The number of carbonyl (C=O) groups is 2. The zero-order valence-electron chi connectivity index (χ0n) is 15.3. The molecule has 0 saturated heterocycles. The fraction of sp³-hybridized carbons (Fsp3) is 0.105. The first-order valence-corrected chi connectivity index (χ1v) is 9.61. The SMILES string of the molecule is Cc1nc(NC(=O)Nc2ccc(Cl)cc2)sc1C(=O)Nc1ccc(C(F)(F)F)cc1. The zero-order valence-corrected chi connectivity index (χ0v) is 16.9. The van der Waals surface area contributed by atoms with Crippen LogP contribution in [0.15, 0.2) is 48.5 Å². The van der Waals surface area contributed by atoms with E-state index in [0.717, 1.165) is 35.6 Å². The number of rotatable bonds is 4. The van der Waals surface area contributed by atoms with Gasteiger partial charge in [0.25, 0.3) is 5.91 Å². The molecule has 0 fully saturated rings. The standard InChI is InChI=1S/C19H14ClF3N4O2S/c1-10-15(16(28)25-13-6-2-11(3-7-13)19(21,22)23)30-18(24-10)27-17(29)26-14-8-4-12(20)5-9-14/h2-9H,1H3,(H,25,28)(H2,24,26,27,29). The van der Waals surface area contributed by atoms with E-state index in [1.165, 1.54) is 0 Å². The van der Waals surface area contributed by atoms with E-state index in [2.05, 4.69) is 20.9 Å². The van der Waals surface area contributed by atoms with Crippen LogP contribution in [0.3, 0.4) is 0 Å². The summed E-state index contributed by atoms with van der Waals surface area (Å²) in [4.78, 5) is 28.9. The van der Waals surface area contributed by atoms with Crippen LogP contribution in [-0.2, 0) is 6.18 Å². The Balaban J connectivity index is 1.64. The molecule has 3 amide bonds. The van der Waals surface area contributed by atoms with Crippen molar-refractivity contribution in [3.8, 4) is 0 Å². The van der Waals surface area contributed by atoms with Crippen LogP contribution in [0.1, 0.15) is 20.9 Å². The Kier molecular flexibility index (Phi) is 6.28. The van der Waals surface area contributed by atoms with E-state index in [0.29, 0.717) is 16.4 Å². The van der Waals surface area contributed by atoms with Gasteiger partial charge in [0.2, 0.25) is 0 Å². The lowest BCUT2D eigenvalue weighted by atomic mass is 10.2. The van der Waals surface area contributed by atoms with Gasteiger partial charge in [-0.1, -0.05) is 22.9 Å². The molecular weight excluding hydrogens is 441 g/mol. The summed E-state index contributed by atoms with van der Waals surface area (Å²) >= 11 is 6.73. The van der Waals surface area contributed by atoms with Crippen LogP contribution in [0.2, 0.25) is 5.02 Å². The molecular formula is C19H14ClF3N4O2S. The van der Waals surface area contributed by atoms with Gasteiger partial charge in [-0.3, -0.25) is 10.1 Å². The van der Waals surface area contributed by atoms with Gasteiger partial charge in [-0.25, -0.2) is 9.78 Å². The van der Waals surface area contributed by atoms with Crippen molar-refractivity contribution in [1.82, 2.24) is 4.98 Å². The number of thiazole rings is 1. The van der Waals surface area contributed by atoms with E-state index < -0.39 is 23.7 Å². The van der Waals surface area contributed by atoms with Gasteiger partial charge in [0.05, 0.1) is 11.3 Å². The molecule has 3 rings (SSSR count). The number of amides is 3. The Bertz CT molecular complexity index is 1070. The molecule has 11 heteroatoms. The van der Waals surface area contributed by atoms with Gasteiger partial charge in [-0.05, 0) is 55.5 Å². The molecule has 3 aromatic rings. The molecule has 0 aliphatic carbocycles. The van der Waals surface area contributed by atoms with Crippen molar-refractivity contribution in [2.24, 2.45) is 0 Å². The molecule has 3 N–H and O–H groups in total. The first-order chi connectivity index (χ1) is 14.1. The number of hydrogen-bond donors (Lipinski definition) is 3. The predicted molar refractivity (Wildman–Crippen MR) is 110 cm³/mol. The topological polar surface area (TPSA) is 83.1 Å². The summed E-state index contributed by atoms with van der Waals surface area (Å²) in [5.74, 6) is -0.545. The lowest BCUT2D eigenvalue weighted by Crippen LogP contribution is -2.19. The molecule has 0 radical (unpaired) electrons. The third kappa shape index (κ3) is 5.49. The minimum Gasteiger partial charge on any atom is -0.321 e. The molecule has 6 nitrogen and oxygen atoms in total. The third-order valence-electron chi connectivity index (χ3n) is 3.80. The van der Waals surface area contributed by atoms with Crippen molar-refractivity contribution < 1.29 is 22.8 Å². The highest BCUT2D eigenvalue weighted by Crippen LogP contribution is 2.30. The molecule has 2 aromatic carbocycles. The van der Waals surface area contributed by atoms with E-state index in [1.54, 1.807) is 31.2 Å². The van der Waals surface area contributed by atoms with Crippen molar-refractivity contribution in [2.75, 3.05) is 16.0 Å². The quantitative estimate of drug-likeness (QED) is 0.450. The zero-order chi connectivity index (χ0) is 21.9. The first kappa shape index (κ1) is 21.6. The monoisotopic (exact) mass is 454 g/mol. The van der Waals surface area contributed by atoms with Crippen LogP contribution >= 0.6 is 22.9 Å². The molecule has 156 valence electrons. The van der Waals surface area contributed by atoms with Gasteiger partial charge in [-0.2, -0.15) is 13.2 Å².